The van der Waals surface area contributed by atoms with Gasteiger partial charge in [0.2, 0.25) is 0 Å². The molecule has 0 aromatic rings. The molecule has 0 amide bonds. The van der Waals surface area contributed by atoms with Crippen LogP contribution in [-0.4, -0.2) is 22.3 Å². The normalized spacial score (nSPS) is 47.4. The van der Waals surface area contributed by atoms with Gasteiger partial charge in [-0.15, -0.1) is 0 Å². The van der Waals surface area contributed by atoms with Gasteiger partial charge in [-0.2, -0.15) is 0 Å². The van der Waals surface area contributed by atoms with Crippen LogP contribution in [0.5, 0.6) is 0 Å². The zero-order valence-corrected chi connectivity index (χ0v) is 17.4. The number of carbonyl (C=O) groups is 1. The molecule has 0 aliphatic heterocycles. The van der Waals surface area contributed by atoms with Crippen molar-refractivity contribution in [2.45, 2.75) is 91.1 Å². The Bertz CT molecular complexity index is 625. The van der Waals surface area contributed by atoms with E-state index in [4.69, 9.17) is 5.11 Å². The molecule has 4 aliphatic carbocycles. The Morgan fingerprint density at radius 1 is 1.19 bits per heavy atom. The van der Waals surface area contributed by atoms with E-state index in [-0.39, 0.29) is 6.10 Å². The predicted molar refractivity (Wildman–Crippen MR) is 107 cm³/mol. The molecule has 4 rings (SSSR count). The summed E-state index contributed by atoms with van der Waals surface area (Å²) in [5.74, 6) is 2.94. The Balaban J connectivity index is 1.54. The van der Waals surface area contributed by atoms with E-state index < -0.39 is 5.97 Å². The lowest BCUT2D eigenvalue weighted by molar-refractivity contribution is -0.137. The van der Waals surface area contributed by atoms with Gasteiger partial charge in [-0.05, 0) is 98.2 Å². The van der Waals surface area contributed by atoms with E-state index in [9.17, 15) is 9.90 Å². The monoisotopic (exact) mass is 374 g/mol. The summed E-state index contributed by atoms with van der Waals surface area (Å²) in [5.41, 5.74) is 2.27. The molecule has 0 radical (unpaired) electrons. The molecule has 0 saturated heterocycles. The van der Waals surface area contributed by atoms with Crippen LogP contribution in [0.15, 0.2) is 11.6 Å². The van der Waals surface area contributed by atoms with Crippen LogP contribution in [-0.2, 0) is 4.79 Å². The molecule has 152 valence electrons. The van der Waals surface area contributed by atoms with Gasteiger partial charge in [-0.3, -0.25) is 4.79 Å². The van der Waals surface area contributed by atoms with Gasteiger partial charge >= 0.3 is 5.97 Å². The number of allylic oxidation sites excluding steroid dienone is 1. The first-order chi connectivity index (χ1) is 12.8. The fourth-order valence-corrected chi connectivity index (χ4v) is 8.17. The van der Waals surface area contributed by atoms with Crippen LogP contribution in [0, 0.1) is 40.4 Å². The Hall–Kier alpha value is -0.830. The number of hydrogen-bond donors (Lipinski definition) is 2. The number of carboxylic acids is 1. The standard InChI is InChI=1S/C24H38O3/c1-15(4-9-22(26)27)19-7-8-20-18-6-5-16-14-17(25)10-12-23(16,2)21(18)11-13-24(19,20)3/h5,15,17-21,25H,4,6-14H2,1-3H3,(H,26,27)/t15?,17-,18-,19+,20-,21-,23-,24+/m0/s1. The van der Waals surface area contributed by atoms with Crippen LogP contribution in [0.1, 0.15) is 85.0 Å². The summed E-state index contributed by atoms with van der Waals surface area (Å²) in [6, 6.07) is 0. The predicted octanol–water partition coefficient (Wildman–Crippen LogP) is 5.43. The quantitative estimate of drug-likeness (QED) is 0.645. The van der Waals surface area contributed by atoms with Gasteiger partial charge in [0.1, 0.15) is 0 Å². The zero-order valence-electron chi connectivity index (χ0n) is 17.4. The van der Waals surface area contributed by atoms with Crippen LogP contribution in [0.2, 0.25) is 0 Å². The number of hydrogen-bond acceptors (Lipinski definition) is 2. The van der Waals surface area contributed by atoms with E-state index in [1.165, 1.54) is 32.1 Å². The summed E-state index contributed by atoms with van der Waals surface area (Å²) in [6.45, 7) is 7.33. The highest BCUT2D eigenvalue weighted by Crippen LogP contribution is 2.67. The fourth-order valence-electron chi connectivity index (χ4n) is 8.17. The summed E-state index contributed by atoms with van der Waals surface area (Å²) >= 11 is 0. The van der Waals surface area contributed by atoms with Crippen LogP contribution in [0.25, 0.3) is 0 Å². The van der Waals surface area contributed by atoms with Gasteiger partial charge in [0, 0.05) is 6.42 Å². The molecule has 27 heavy (non-hydrogen) atoms. The van der Waals surface area contributed by atoms with Gasteiger partial charge in [-0.25, -0.2) is 0 Å². The molecular weight excluding hydrogens is 336 g/mol. The van der Waals surface area contributed by atoms with Gasteiger partial charge in [-0.1, -0.05) is 32.4 Å². The molecule has 2 N–H and O–H groups in total. The average molecular weight is 375 g/mol. The highest BCUT2D eigenvalue weighted by molar-refractivity contribution is 5.66. The van der Waals surface area contributed by atoms with Gasteiger partial charge < -0.3 is 10.2 Å². The average Bonchev–Trinajstić information content (AvgIpc) is 2.97. The van der Waals surface area contributed by atoms with Crippen molar-refractivity contribution in [3.63, 3.8) is 0 Å². The number of aliphatic hydroxyl groups is 1. The molecule has 3 nitrogen and oxygen atoms in total. The smallest absolute Gasteiger partial charge is 0.303 e. The Labute approximate surface area is 164 Å². The van der Waals surface area contributed by atoms with Crippen LogP contribution < -0.4 is 0 Å². The van der Waals surface area contributed by atoms with Crippen molar-refractivity contribution in [3.8, 4) is 0 Å². The minimum atomic E-state index is -0.650. The van der Waals surface area contributed by atoms with Gasteiger partial charge in [0.05, 0.1) is 6.10 Å². The highest BCUT2D eigenvalue weighted by Gasteiger charge is 2.59. The number of fused-ring (bicyclic) bond motifs is 5. The summed E-state index contributed by atoms with van der Waals surface area (Å²) in [5, 5.41) is 19.2. The molecule has 1 unspecified atom stereocenters. The van der Waals surface area contributed by atoms with Crippen molar-refractivity contribution in [3.05, 3.63) is 11.6 Å². The largest absolute Gasteiger partial charge is 0.481 e. The summed E-state index contributed by atoms with van der Waals surface area (Å²) in [6.07, 6.45) is 13.0. The van der Waals surface area contributed by atoms with E-state index in [2.05, 4.69) is 26.8 Å². The molecule has 0 heterocycles. The molecule has 0 aromatic carbocycles. The van der Waals surface area contributed by atoms with Crippen molar-refractivity contribution < 1.29 is 15.0 Å². The first-order valence-electron chi connectivity index (χ1n) is 11.3. The number of aliphatic carboxylic acids is 1. The summed E-state index contributed by atoms with van der Waals surface area (Å²) in [4.78, 5) is 11.0. The topological polar surface area (TPSA) is 57.5 Å². The fraction of sp³-hybridized carbons (Fsp3) is 0.875. The Morgan fingerprint density at radius 3 is 2.70 bits per heavy atom. The van der Waals surface area contributed by atoms with E-state index >= 15 is 0 Å². The lowest BCUT2D eigenvalue weighted by Crippen LogP contribution is -2.50. The highest BCUT2D eigenvalue weighted by atomic mass is 16.4. The maximum absolute atomic E-state index is 11.0. The third kappa shape index (κ3) is 3.09. The number of carboxylic acid groups (broad SMARTS) is 1. The van der Waals surface area contributed by atoms with Crippen molar-refractivity contribution in [1.29, 1.82) is 0 Å². The van der Waals surface area contributed by atoms with E-state index in [1.807, 2.05) is 0 Å². The maximum Gasteiger partial charge on any atom is 0.303 e. The minimum Gasteiger partial charge on any atom is -0.481 e. The Kier molecular flexibility index (Phi) is 4.98. The second kappa shape index (κ2) is 6.90. The first kappa shape index (κ1) is 19.5. The molecular formula is C24H38O3. The molecule has 0 aromatic heterocycles. The third-order valence-corrected chi connectivity index (χ3v) is 9.65. The SMILES string of the molecule is CC(CCC(=O)O)[C@H]1CC[C@H]2[C@@H]3CC=C4C[C@@H](O)CC[C@]4(C)[C@H]3CC[C@]12C. The third-order valence-electron chi connectivity index (χ3n) is 9.65. The van der Waals surface area contributed by atoms with Crippen molar-refractivity contribution in [1.82, 2.24) is 0 Å². The van der Waals surface area contributed by atoms with Crippen LogP contribution >= 0.6 is 0 Å². The van der Waals surface area contributed by atoms with E-state index in [0.717, 1.165) is 43.4 Å². The molecule has 3 saturated carbocycles. The Morgan fingerprint density at radius 2 is 1.96 bits per heavy atom. The van der Waals surface area contributed by atoms with Crippen molar-refractivity contribution >= 4 is 5.97 Å². The molecule has 4 aliphatic rings. The zero-order chi connectivity index (χ0) is 19.4. The van der Waals surface area contributed by atoms with Gasteiger partial charge in [0.25, 0.3) is 0 Å². The summed E-state index contributed by atoms with van der Waals surface area (Å²) < 4.78 is 0. The molecule has 0 spiro atoms. The van der Waals surface area contributed by atoms with E-state index in [1.54, 1.807) is 5.57 Å². The maximum atomic E-state index is 11.0. The molecule has 3 heteroatoms. The molecule has 0 bridgehead atoms. The first-order valence-corrected chi connectivity index (χ1v) is 11.3. The lowest BCUT2D eigenvalue weighted by atomic mass is 9.47. The van der Waals surface area contributed by atoms with Crippen LogP contribution in [0.3, 0.4) is 0 Å². The molecule has 8 atom stereocenters. The second-order valence-electron chi connectivity index (χ2n) is 10.8. The van der Waals surface area contributed by atoms with E-state index in [0.29, 0.717) is 29.1 Å². The lowest BCUT2D eigenvalue weighted by Gasteiger charge is -2.58. The molecule has 3 fully saturated rings. The second-order valence-corrected chi connectivity index (χ2v) is 10.8. The van der Waals surface area contributed by atoms with Crippen molar-refractivity contribution in [2.75, 3.05) is 0 Å². The number of aliphatic hydroxyl groups excluding tert-OH is 1. The summed E-state index contributed by atoms with van der Waals surface area (Å²) in [7, 11) is 0. The number of rotatable bonds is 4. The van der Waals surface area contributed by atoms with Crippen molar-refractivity contribution in [2.24, 2.45) is 40.4 Å². The van der Waals surface area contributed by atoms with Gasteiger partial charge in [0.15, 0.2) is 0 Å². The minimum absolute atomic E-state index is 0.124. The van der Waals surface area contributed by atoms with Crippen LogP contribution in [0.4, 0.5) is 0 Å².